The van der Waals surface area contributed by atoms with Gasteiger partial charge in [-0.15, -0.1) is 0 Å². The van der Waals surface area contributed by atoms with Gasteiger partial charge in [0.2, 0.25) is 0 Å². The number of carbonyl (C=O) groups excluding carboxylic acids is 1. The lowest BCUT2D eigenvalue weighted by Crippen LogP contribution is -2.12. The molecule has 0 amide bonds. The second-order valence-corrected chi connectivity index (χ2v) is 7.89. The topological polar surface area (TPSA) is 86.7 Å². The number of carbonyl (C=O) groups is 1. The predicted octanol–water partition coefficient (Wildman–Crippen LogP) is 4.45. The minimum absolute atomic E-state index is 0.186. The second kappa shape index (κ2) is 7.60. The van der Waals surface area contributed by atoms with Crippen molar-refractivity contribution in [3.8, 4) is 5.75 Å². The van der Waals surface area contributed by atoms with Crippen molar-refractivity contribution in [1.82, 2.24) is 14.6 Å². The highest BCUT2D eigenvalue weighted by molar-refractivity contribution is 5.92. The van der Waals surface area contributed by atoms with Gasteiger partial charge in [-0.25, -0.2) is 14.3 Å². The number of hydrogen-bond acceptors (Lipinski definition) is 6. The summed E-state index contributed by atoms with van der Waals surface area (Å²) in [6.07, 6.45) is 0.670. The first-order chi connectivity index (χ1) is 15.4. The first-order valence-corrected chi connectivity index (χ1v) is 10.4. The highest BCUT2D eigenvalue weighted by Crippen LogP contribution is 2.24. The Bertz CT molecular complexity index is 1580. The van der Waals surface area contributed by atoms with Gasteiger partial charge in [0, 0.05) is 34.3 Å². The van der Waals surface area contributed by atoms with E-state index in [2.05, 4.69) is 5.10 Å². The van der Waals surface area contributed by atoms with Crippen molar-refractivity contribution in [3.05, 3.63) is 81.5 Å². The van der Waals surface area contributed by atoms with Crippen LogP contribution in [0.4, 0.5) is 0 Å². The van der Waals surface area contributed by atoms with Gasteiger partial charge in [0.1, 0.15) is 11.3 Å². The standard InChI is InChI=1S/C25H21N3O4/c1-14-12-24(30)32-22-13-17(8-9-18(14)22)31-23(29)11-10-19-15(2)26-25-20-6-4-5-7-21(20)27-28(25)16(19)3/h4-9,12-13H,10-11H2,1-3H3. The number of rotatable bonds is 4. The maximum Gasteiger partial charge on any atom is 0.336 e. The van der Waals surface area contributed by atoms with Crippen LogP contribution < -0.4 is 10.4 Å². The molecule has 2 aromatic carbocycles. The lowest BCUT2D eigenvalue weighted by atomic mass is 10.1. The van der Waals surface area contributed by atoms with Gasteiger partial charge in [0.05, 0.1) is 11.9 Å². The zero-order chi connectivity index (χ0) is 22.4. The van der Waals surface area contributed by atoms with Crippen molar-refractivity contribution in [2.75, 3.05) is 0 Å². The predicted molar refractivity (Wildman–Crippen MR) is 121 cm³/mol. The van der Waals surface area contributed by atoms with Crippen molar-refractivity contribution in [1.29, 1.82) is 0 Å². The number of ether oxygens (including phenoxy) is 1. The normalized spacial score (nSPS) is 11.5. The molecule has 0 saturated carbocycles. The largest absolute Gasteiger partial charge is 0.426 e. The molecule has 0 fully saturated rings. The Morgan fingerprint density at radius 3 is 2.72 bits per heavy atom. The zero-order valence-electron chi connectivity index (χ0n) is 18.0. The quantitative estimate of drug-likeness (QED) is 0.239. The molecule has 0 atom stereocenters. The van der Waals surface area contributed by atoms with Crippen LogP contribution in [0.5, 0.6) is 5.75 Å². The molecule has 0 spiro atoms. The fraction of sp³-hybridized carbons (Fsp3) is 0.200. The van der Waals surface area contributed by atoms with E-state index in [1.165, 1.54) is 6.07 Å². The van der Waals surface area contributed by atoms with E-state index in [4.69, 9.17) is 14.1 Å². The van der Waals surface area contributed by atoms with Gasteiger partial charge in [-0.1, -0.05) is 12.1 Å². The molecule has 0 aliphatic heterocycles. The maximum absolute atomic E-state index is 12.5. The number of aromatic nitrogens is 3. The van der Waals surface area contributed by atoms with Crippen LogP contribution in [0.1, 0.15) is 28.9 Å². The number of fused-ring (bicyclic) bond motifs is 4. The first-order valence-electron chi connectivity index (χ1n) is 10.4. The monoisotopic (exact) mass is 427 g/mol. The number of esters is 1. The molecular weight excluding hydrogens is 406 g/mol. The Hall–Kier alpha value is -4.00. The molecule has 32 heavy (non-hydrogen) atoms. The van der Waals surface area contributed by atoms with E-state index in [0.717, 1.165) is 44.5 Å². The van der Waals surface area contributed by atoms with Gasteiger partial charge >= 0.3 is 11.6 Å². The minimum atomic E-state index is -0.432. The fourth-order valence-corrected chi connectivity index (χ4v) is 4.12. The van der Waals surface area contributed by atoms with Gasteiger partial charge < -0.3 is 9.15 Å². The molecule has 160 valence electrons. The van der Waals surface area contributed by atoms with Crippen LogP contribution in [-0.4, -0.2) is 20.6 Å². The third-order valence-corrected chi connectivity index (χ3v) is 5.75. The summed E-state index contributed by atoms with van der Waals surface area (Å²) in [5.74, 6) is -0.0273. The van der Waals surface area contributed by atoms with Crippen molar-refractivity contribution in [3.63, 3.8) is 0 Å². The Morgan fingerprint density at radius 2 is 1.88 bits per heavy atom. The third-order valence-electron chi connectivity index (χ3n) is 5.75. The van der Waals surface area contributed by atoms with Crippen LogP contribution >= 0.6 is 0 Å². The molecule has 0 unspecified atom stereocenters. The number of benzene rings is 2. The fourth-order valence-electron chi connectivity index (χ4n) is 4.12. The summed E-state index contributed by atoms with van der Waals surface area (Å²) in [6, 6.07) is 14.4. The Kier molecular flexibility index (Phi) is 4.74. The van der Waals surface area contributed by atoms with Crippen molar-refractivity contribution in [2.24, 2.45) is 0 Å². The smallest absolute Gasteiger partial charge is 0.336 e. The highest BCUT2D eigenvalue weighted by Gasteiger charge is 2.16. The van der Waals surface area contributed by atoms with Crippen LogP contribution in [0.2, 0.25) is 0 Å². The van der Waals surface area contributed by atoms with E-state index in [-0.39, 0.29) is 12.4 Å². The third kappa shape index (κ3) is 3.41. The van der Waals surface area contributed by atoms with Crippen molar-refractivity contribution < 1.29 is 13.9 Å². The number of nitrogens with zero attached hydrogens (tertiary/aromatic N) is 3. The van der Waals surface area contributed by atoms with E-state index in [1.807, 2.05) is 49.6 Å². The summed E-state index contributed by atoms with van der Waals surface area (Å²) in [5, 5.41) is 6.47. The molecule has 3 heterocycles. The summed E-state index contributed by atoms with van der Waals surface area (Å²) in [7, 11) is 0. The molecule has 0 aliphatic rings. The summed E-state index contributed by atoms with van der Waals surface area (Å²) in [5.41, 5.74) is 5.28. The van der Waals surface area contributed by atoms with Crippen molar-refractivity contribution in [2.45, 2.75) is 33.6 Å². The molecule has 0 saturated heterocycles. The molecule has 7 nitrogen and oxygen atoms in total. The SMILES string of the molecule is Cc1nc2c3ccccc3nn2c(C)c1CCC(=O)Oc1ccc2c(C)cc(=O)oc2c1. The van der Waals surface area contributed by atoms with Crippen LogP contribution in [0.25, 0.3) is 27.5 Å². The zero-order valence-corrected chi connectivity index (χ0v) is 18.0. The van der Waals surface area contributed by atoms with Gasteiger partial charge in [-0.2, -0.15) is 5.10 Å². The van der Waals surface area contributed by atoms with Gasteiger partial charge in [0.15, 0.2) is 5.65 Å². The minimum Gasteiger partial charge on any atom is -0.426 e. The summed E-state index contributed by atoms with van der Waals surface area (Å²) in [4.78, 5) is 28.9. The van der Waals surface area contributed by atoms with E-state index in [9.17, 15) is 9.59 Å². The molecule has 3 aromatic heterocycles. The summed E-state index contributed by atoms with van der Waals surface area (Å²) >= 11 is 0. The van der Waals surface area contributed by atoms with E-state index >= 15 is 0 Å². The van der Waals surface area contributed by atoms with Crippen LogP contribution in [0.3, 0.4) is 0 Å². The maximum atomic E-state index is 12.5. The van der Waals surface area contributed by atoms with E-state index in [1.54, 1.807) is 18.2 Å². The molecule has 0 N–H and O–H groups in total. The lowest BCUT2D eigenvalue weighted by Gasteiger charge is -2.11. The number of hydrogen-bond donors (Lipinski definition) is 0. The van der Waals surface area contributed by atoms with Crippen LogP contribution in [0.15, 0.2) is 57.7 Å². The summed E-state index contributed by atoms with van der Waals surface area (Å²) < 4.78 is 12.6. The van der Waals surface area contributed by atoms with Crippen molar-refractivity contribution >= 4 is 33.5 Å². The van der Waals surface area contributed by atoms with Crippen LogP contribution in [-0.2, 0) is 11.2 Å². The van der Waals surface area contributed by atoms with E-state index < -0.39 is 5.63 Å². The average molecular weight is 427 g/mol. The summed E-state index contributed by atoms with van der Waals surface area (Å²) in [6.45, 7) is 5.77. The molecule has 0 aliphatic carbocycles. The molecule has 5 rings (SSSR count). The molecule has 7 heteroatoms. The second-order valence-electron chi connectivity index (χ2n) is 7.89. The molecule has 5 aromatic rings. The van der Waals surface area contributed by atoms with Crippen LogP contribution in [0, 0.1) is 20.8 Å². The Morgan fingerprint density at radius 1 is 1.06 bits per heavy atom. The first kappa shape index (κ1) is 19.9. The van der Waals surface area contributed by atoms with E-state index in [0.29, 0.717) is 17.8 Å². The average Bonchev–Trinajstić information content (AvgIpc) is 3.12. The highest BCUT2D eigenvalue weighted by atomic mass is 16.5. The van der Waals surface area contributed by atoms with Gasteiger partial charge in [-0.3, -0.25) is 4.79 Å². The Balaban J connectivity index is 1.37. The Labute approximate surface area is 183 Å². The molecule has 0 bridgehead atoms. The van der Waals surface area contributed by atoms with Gasteiger partial charge in [0.25, 0.3) is 0 Å². The molecular formula is C25H21N3O4. The van der Waals surface area contributed by atoms with Gasteiger partial charge in [-0.05, 0) is 62.6 Å². The number of aryl methyl sites for hydroxylation is 3. The lowest BCUT2D eigenvalue weighted by molar-refractivity contribution is -0.134. The molecule has 0 radical (unpaired) electrons.